The van der Waals surface area contributed by atoms with Crippen LogP contribution in [0.3, 0.4) is 0 Å². The predicted octanol–water partition coefficient (Wildman–Crippen LogP) is 4.73. The summed E-state index contributed by atoms with van der Waals surface area (Å²) in [6.45, 7) is 6.02. The second-order valence-electron chi connectivity index (χ2n) is 9.17. The van der Waals surface area contributed by atoms with Crippen molar-refractivity contribution in [2.24, 2.45) is 5.92 Å². The van der Waals surface area contributed by atoms with Gasteiger partial charge in [-0.25, -0.2) is 13.6 Å². The average Bonchev–Trinajstić information content (AvgIpc) is 3.14. The van der Waals surface area contributed by atoms with Crippen LogP contribution < -0.4 is 0 Å². The molecule has 1 saturated carbocycles. The van der Waals surface area contributed by atoms with E-state index < -0.39 is 34.4 Å². The van der Waals surface area contributed by atoms with Crippen molar-refractivity contribution in [3.8, 4) is 6.07 Å². The summed E-state index contributed by atoms with van der Waals surface area (Å²) in [6, 6.07) is 4.11. The number of ether oxygens (including phenoxy) is 2. The Morgan fingerprint density at radius 1 is 1.20 bits per heavy atom. The van der Waals surface area contributed by atoms with E-state index in [1.165, 1.54) is 13.8 Å². The first-order chi connectivity index (χ1) is 13.9. The standard InChI is InChI=1S/C23H27F2NO4/c1-21(2,13-26)20-17(24)9-15(10-18(20)25)23(28,14-7-5-6-8-14)12-16-11-19(27)30-22(3,4)29-16/h9-11,14,28H,5-8,12H2,1-4H3. The number of nitrogens with zero attached hydrogens (tertiary/aromatic N) is 1. The van der Waals surface area contributed by atoms with Gasteiger partial charge in [0.1, 0.15) is 17.4 Å². The molecule has 3 rings (SSSR count). The van der Waals surface area contributed by atoms with Gasteiger partial charge < -0.3 is 14.6 Å². The van der Waals surface area contributed by atoms with Crippen molar-refractivity contribution in [3.05, 3.63) is 46.7 Å². The molecular weight excluding hydrogens is 392 g/mol. The number of rotatable bonds is 5. The zero-order valence-corrected chi connectivity index (χ0v) is 17.7. The molecule has 0 saturated heterocycles. The number of aliphatic hydroxyl groups is 1. The fourth-order valence-electron chi connectivity index (χ4n) is 4.48. The van der Waals surface area contributed by atoms with Crippen molar-refractivity contribution in [3.63, 3.8) is 0 Å². The number of nitriles is 1. The van der Waals surface area contributed by atoms with E-state index in [-0.39, 0.29) is 29.2 Å². The highest BCUT2D eigenvalue weighted by Crippen LogP contribution is 2.46. The summed E-state index contributed by atoms with van der Waals surface area (Å²) in [6.07, 6.45) is 4.20. The molecule has 1 aliphatic heterocycles. The second-order valence-corrected chi connectivity index (χ2v) is 9.17. The van der Waals surface area contributed by atoms with Crippen LogP contribution in [-0.2, 0) is 25.3 Å². The first-order valence-electron chi connectivity index (χ1n) is 10.1. The molecule has 1 aliphatic carbocycles. The Morgan fingerprint density at radius 2 is 1.77 bits per heavy atom. The Balaban J connectivity index is 2.07. The maximum Gasteiger partial charge on any atom is 0.337 e. The first kappa shape index (κ1) is 22.2. The maximum atomic E-state index is 15.0. The highest BCUT2D eigenvalue weighted by Gasteiger charge is 2.44. The minimum Gasteiger partial charge on any atom is -0.457 e. The molecule has 7 heteroatoms. The van der Waals surface area contributed by atoms with Crippen molar-refractivity contribution >= 4 is 5.97 Å². The van der Waals surface area contributed by atoms with Gasteiger partial charge in [-0.15, -0.1) is 0 Å². The van der Waals surface area contributed by atoms with Crippen LogP contribution in [0.25, 0.3) is 0 Å². The summed E-state index contributed by atoms with van der Waals surface area (Å²) < 4.78 is 40.7. The summed E-state index contributed by atoms with van der Waals surface area (Å²) in [7, 11) is 0. The third-order valence-corrected chi connectivity index (χ3v) is 5.92. The lowest BCUT2D eigenvalue weighted by Gasteiger charge is -2.38. The molecular formula is C23H27F2NO4. The summed E-state index contributed by atoms with van der Waals surface area (Å²) in [5.41, 5.74) is -3.25. The van der Waals surface area contributed by atoms with Crippen molar-refractivity contribution in [1.82, 2.24) is 0 Å². The lowest BCUT2D eigenvalue weighted by molar-refractivity contribution is -0.209. The molecule has 1 atom stereocenters. The molecule has 0 spiro atoms. The van der Waals surface area contributed by atoms with Gasteiger partial charge in [0.2, 0.25) is 5.79 Å². The number of carbonyl (C=O) groups is 1. The van der Waals surface area contributed by atoms with Crippen molar-refractivity contribution in [1.29, 1.82) is 5.26 Å². The fourth-order valence-corrected chi connectivity index (χ4v) is 4.48. The van der Waals surface area contributed by atoms with Crippen LogP contribution in [0.1, 0.15) is 70.9 Å². The number of hydrogen-bond acceptors (Lipinski definition) is 5. The molecule has 0 amide bonds. The van der Waals surface area contributed by atoms with E-state index in [4.69, 9.17) is 9.47 Å². The second kappa shape index (κ2) is 7.66. The highest BCUT2D eigenvalue weighted by atomic mass is 19.1. The lowest BCUT2D eigenvalue weighted by Crippen LogP contribution is -2.39. The largest absolute Gasteiger partial charge is 0.457 e. The molecule has 30 heavy (non-hydrogen) atoms. The van der Waals surface area contributed by atoms with Crippen molar-refractivity contribution < 1.29 is 28.2 Å². The molecule has 2 aliphatic rings. The quantitative estimate of drug-likeness (QED) is 0.698. The molecule has 1 unspecified atom stereocenters. The van der Waals surface area contributed by atoms with E-state index in [0.29, 0.717) is 12.8 Å². The number of esters is 1. The van der Waals surface area contributed by atoms with Crippen LogP contribution in [0.4, 0.5) is 8.78 Å². The monoisotopic (exact) mass is 419 g/mol. The van der Waals surface area contributed by atoms with E-state index in [2.05, 4.69) is 0 Å². The number of halogens is 2. The third-order valence-electron chi connectivity index (χ3n) is 5.92. The zero-order valence-electron chi connectivity index (χ0n) is 17.7. The number of carbonyl (C=O) groups excluding carboxylic acids is 1. The zero-order chi connectivity index (χ0) is 22.3. The number of benzene rings is 1. The Kier molecular flexibility index (Phi) is 5.68. The highest BCUT2D eigenvalue weighted by molar-refractivity contribution is 5.83. The minimum atomic E-state index is -1.63. The Hall–Kier alpha value is -2.46. The summed E-state index contributed by atoms with van der Waals surface area (Å²) in [4.78, 5) is 11.9. The molecule has 1 aromatic carbocycles. The maximum absolute atomic E-state index is 15.0. The normalized spacial score (nSPS) is 21.3. The van der Waals surface area contributed by atoms with Gasteiger partial charge in [0.15, 0.2) is 0 Å². The molecule has 1 N–H and O–H groups in total. The molecule has 1 fully saturated rings. The molecule has 5 nitrogen and oxygen atoms in total. The first-order valence-corrected chi connectivity index (χ1v) is 10.1. The van der Waals surface area contributed by atoms with Crippen molar-refractivity contribution in [2.45, 2.75) is 76.6 Å². The molecule has 1 aromatic rings. The van der Waals surface area contributed by atoms with Crippen LogP contribution in [0.15, 0.2) is 24.0 Å². The van der Waals surface area contributed by atoms with Crippen LogP contribution >= 0.6 is 0 Å². The van der Waals surface area contributed by atoms with Gasteiger partial charge in [0.25, 0.3) is 0 Å². The molecule has 0 bridgehead atoms. The summed E-state index contributed by atoms with van der Waals surface area (Å²) >= 11 is 0. The summed E-state index contributed by atoms with van der Waals surface area (Å²) in [5, 5.41) is 21.0. The van der Waals surface area contributed by atoms with E-state index in [0.717, 1.165) is 31.1 Å². The van der Waals surface area contributed by atoms with Crippen LogP contribution in [-0.4, -0.2) is 16.9 Å². The van der Waals surface area contributed by atoms with Gasteiger partial charge in [-0.1, -0.05) is 12.8 Å². The predicted molar refractivity (Wildman–Crippen MR) is 105 cm³/mol. The molecule has 0 aromatic heterocycles. The molecule has 1 heterocycles. The van der Waals surface area contributed by atoms with Crippen LogP contribution in [0, 0.1) is 28.9 Å². The van der Waals surface area contributed by atoms with Crippen molar-refractivity contribution in [2.75, 3.05) is 0 Å². The average molecular weight is 419 g/mol. The van der Waals surface area contributed by atoms with Gasteiger partial charge in [-0.3, -0.25) is 0 Å². The molecule has 162 valence electrons. The van der Waals surface area contributed by atoms with Gasteiger partial charge in [0.05, 0.1) is 23.2 Å². The minimum absolute atomic E-state index is 0.0723. The third kappa shape index (κ3) is 4.20. The van der Waals surface area contributed by atoms with E-state index in [1.807, 2.05) is 6.07 Å². The number of cyclic esters (lactones) is 1. The lowest BCUT2D eigenvalue weighted by atomic mass is 9.75. The Labute approximate surface area is 175 Å². The van der Waals surface area contributed by atoms with Crippen LogP contribution in [0.2, 0.25) is 0 Å². The SMILES string of the molecule is CC1(C)OC(=O)C=C(CC(O)(c2cc(F)c(C(C)(C)C#N)c(F)c2)C2CCCC2)O1. The van der Waals surface area contributed by atoms with E-state index in [9.17, 15) is 23.9 Å². The Bertz CT molecular complexity index is 903. The topological polar surface area (TPSA) is 79.5 Å². The van der Waals surface area contributed by atoms with Gasteiger partial charge in [-0.05, 0) is 50.3 Å². The number of hydrogen-bond donors (Lipinski definition) is 1. The van der Waals surface area contributed by atoms with Gasteiger partial charge >= 0.3 is 5.97 Å². The smallest absolute Gasteiger partial charge is 0.337 e. The fraction of sp³-hybridized carbons (Fsp3) is 0.565. The summed E-state index contributed by atoms with van der Waals surface area (Å²) in [5.74, 6) is -3.62. The molecule has 0 radical (unpaired) electrons. The van der Waals surface area contributed by atoms with Gasteiger partial charge in [-0.2, -0.15) is 5.26 Å². The van der Waals surface area contributed by atoms with E-state index >= 15 is 0 Å². The van der Waals surface area contributed by atoms with Gasteiger partial charge in [0, 0.05) is 25.8 Å². The Morgan fingerprint density at radius 3 is 2.27 bits per heavy atom. The van der Waals surface area contributed by atoms with E-state index in [1.54, 1.807) is 13.8 Å². The van der Waals surface area contributed by atoms with Crippen LogP contribution in [0.5, 0.6) is 0 Å².